The van der Waals surface area contributed by atoms with Gasteiger partial charge in [-0.25, -0.2) is 0 Å². The maximum absolute atomic E-state index is 10.9. The number of ether oxygens (including phenoxy) is 1. The summed E-state index contributed by atoms with van der Waals surface area (Å²) in [5.74, 6) is -1.06. The molecule has 1 unspecified atom stereocenters. The minimum Gasteiger partial charge on any atom is -0.394 e. The van der Waals surface area contributed by atoms with Crippen LogP contribution in [0.15, 0.2) is 0 Å². The lowest BCUT2D eigenvalue weighted by Crippen LogP contribution is -2.55. The third-order valence-corrected chi connectivity index (χ3v) is 2.55. The monoisotopic (exact) mass is 220 g/mol. The van der Waals surface area contributed by atoms with E-state index < -0.39 is 37.1 Å². The molecule has 15 heavy (non-hydrogen) atoms. The van der Waals surface area contributed by atoms with E-state index in [1.165, 1.54) is 6.92 Å². The maximum Gasteiger partial charge on any atom is 0.160 e. The van der Waals surface area contributed by atoms with E-state index in [0.29, 0.717) is 0 Å². The Hall–Kier alpha value is -0.530. The second-order valence-corrected chi connectivity index (χ2v) is 3.80. The molecule has 6 nitrogen and oxygen atoms in total. The van der Waals surface area contributed by atoms with Gasteiger partial charge in [0.2, 0.25) is 0 Å². The van der Waals surface area contributed by atoms with Crippen molar-refractivity contribution in [3.05, 3.63) is 0 Å². The number of carbonyl (C=O) groups excluding carboxylic acids is 1. The molecular formula is C9H16O6. The summed E-state index contributed by atoms with van der Waals surface area (Å²) < 4.78 is 4.87. The zero-order valence-electron chi connectivity index (χ0n) is 8.41. The highest BCUT2D eigenvalue weighted by atomic mass is 16.6. The van der Waals surface area contributed by atoms with Gasteiger partial charge in [-0.05, 0) is 6.92 Å². The first-order chi connectivity index (χ1) is 6.97. The van der Waals surface area contributed by atoms with Crippen LogP contribution in [0.3, 0.4) is 0 Å². The third kappa shape index (κ3) is 2.73. The molecule has 1 fully saturated rings. The molecule has 0 saturated carbocycles. The fraction of sp³-hybridized carbons (Fsp3) is 0.889. The smallest absolute Gasteiger partial charge is 0.160 e. The lowest BCUT2D eigenvalue weighted by Gasteiger charge is -2.39. The summed E-state index contributed by atoms with van der Waals surface area (Å²) in [5.41, 5.74) is 0. The molecule has 0 amide bonds. The fourth-order valence-electron chi connectivity index (χ4n) is 1.71. The molecule has 1 aliphatic heterocycles. The van der Waals surface area contributed by atoms with Crippen LogP contribution >= 0.6 is 0 Å². The first kappa shape index (κ1) is 12.5. The van der Waals surface area contributed by atoms with Crippen LogP contribution < -0.4 is 0 Å². The number of aliphatic hydroxyl groups excluding tert-OH is 4. The Labute approximate surface area is 87.1 Å². The van der Waals surface area contributed by atoms with E-state index in [4.69, 9.17) is 9.84 Å². The van der Waals surface area contributed by atoms with Crippen molar-refractivity contribution in [2.24, 2.45) is 5.92 Å². The van der Waals surface area contributed by atoms with Gasteiger partial charge >= 0.3 is 0 Å². The molecule has 1 aliphatic rings. The van der Waals surface area contributed by atoms with Crippen molar-refractivity contribution in [1.29, 1.82) is 0 Å². The van der Waals surface area contributed by atoms with Crippen molar-refractivity contribution in [2.75, 3.05) is 6.61 Å². The summed E-state index contributed by atoms with van der Waals surface area (Å²) in [5, 5.41) is 37.3. The molecular weight excluding hydrogens is 204 g/mol. The highest BCUT2D eigenvalue weighted by Gasteiger charge is 2.43. The van der Waals surface area contributed by atoms with Crippen LogP contribution in [0, 0.1) is 5.92 Å². The summed E-state index contributed by atoms with van der Waals surface area (Å²) in [4.78, 5) is 10.9. The van der Waals surface area contributed by atoms with E-state index >= 15 is 0 Å². The second kappa shape index (κ2) is 5.00. The molecule has 1 rings (SSSR count). The number of rotatable bonds is 3. The Morgan fingerprint density at radius 1 is 1.27 bits per heavy atom. The van der Waals surface area contributed by atoms with Gasteiger partial charge in [-0.2, -0.15) is 0 Å². The fourth-order valence-corrected chi connectivity index (χ4v) is 1.71. The lowest BCUT2D eigenvalue weighted by atomic mass is 9.87. The van der Waals surface area contributed by atoms with Gasteiger partial charge in [0.25, 0.3) is 0 Å². The standard InChI is InChI=1S/C9H16O6/c1-4(11)2-5-7(12)8(13)6(3-10)15-9(5)14/h5-10,12-14H,2-3H2,1H3/t5-,6+,7+,8+,9?/m0/s1. The molecule has 0 bridgehead atoms. The van der Waals surface area contributed by atoms with Crippen molar-refractivity contribution in [2.45, 2.75) is 37.9 Å². The van der Waals surface area contributed by atoms with Crippen LogP contribution in [-0.4, -0.2) is 57.4 Å². The molecule has 1 heterocycles. The number of Topliss-reactive ketones (excluding diaryl/α,β-unsaturated/α-hetero) is 1. The number of carbonyl (C=O) groups is 1. The molecule has 4 N–H and O–H groups in total. The van der Waals surface area contributed by atoms with Gasteiger partial charge in [0.05, 0.1) is 12.7 Å². The van der Waals surface area contributed by atoms with E-state index in [-0.39, 0.29) is 12.2 Å². The Bertz CT molecular complexity index is 231. The molecule has 1 saturated heterocycles. The SMILES string of the molecule is CC(=O)C[C@@H]1C(O)O[C@H](CO)[C@@H](O)[C@@H]1O. The Morgan fingerprint density at radius 3 is 2.33 bits per heavy atom. The van der Waals surface area contributed by atoms with E-state index in [0.717, 1.165) is 0 Å². The molecule has 0 aliphatic carbocycles. The highest BCUT2D eigenvalue weighted by Crippen LogP contribution is 2.27. The molecule has 88 valence electrons. The molecule has 5 atom stereocenters. The minimum atomic E-state index is -1.34. The van der Waals surface area contributed by atoms with Gasteiger partial charge in [0.15, 0.2) is 6.29 Å². The average Bonchev–Trinajstić information content (AvgIpc) is 2.18. The summed E-state index contributed by atoms with van der Waals surface area (Å²) in [6.45, 7) is 0.825. The van der Waals surface area contributed by atoms with Crippen LogP contribution in [0.1, 0.15) is 13.3 Å². The Morgan fingerprint density at radius 2 is 1.87 bits per heavy atom. The van der Waals surface area contributed by atoms with Crippen LogP contribution in [0.4, 0.5) is 0 Å². The van der Waals surface area contributed by atoms with Crippen LogP contribution in [-0.2, 0) is 9.53 Å². The third-order valence-electron chi connectivity index (χ3n) is 2.55. The number of hydrogen-bond acceptors (Lipinski definition) is 6. The summed E-state index contributed by atoms with van der Waals surface area (Å²) in [7, 11) is 0. The summed E-state index contributed by atoms with van der Waals surface area (Å²) >= 11 is 0. The lowest BCUT2D eigenvalue weighted by molar-refractivity contribution is -0.269. The quantitative estimate of drug-likeness (QED) is 0.439. The highest BCUT2D eigenvalue weighted by molar-refractivity contribution is 5.75. The van der Waals surface area contributed by atoms with Gasteiger partial charge in [0, 0.05) is 12.3 Å². The average molecular weight is 220 g/mol. The zero-order chi connectivity index (χ0) is 11.6. The molecule has 6 heteroatoms. The molecule has 0 aromatic rings. The minimum absolute atomic E-state index is 0.0719. The van der Waals surface area contributed by atoms with Gasteiger partial charge in [-0.15, -0.1) is 0 Å². The number of ketones is 1. The second-order valence-electron chi connectivity index (χ2n) is 3.80. The van der Waals surface area contributed by atoms with Crippen molar-refractivity contribution in [1.82, 2.24) is 0 Å². The Kier molecular flexibility index (Phi) is 4.18. The molecule has 0 aromatic carbocycles. The largest absolute Gasteiger partial charge is 0.394 e. The normalized spacial score (nSPS) is 41.5. The van der Waals surface area contributed by atoms with Gasteiger partial charge < -0.3 is 30.0 Å². The van der Waals surface area contributed by atoms with Crippen LogP contribution in [0.2, 0.25) is 0 Å². The number of hydrogen-bond donors (Lipinski definition) is 4. The number of aliphatic hydroxyl groups is 4. The van der Waals surface area contributed by atoms with Gasteiger partial charge in [0.1, 0.15) is 18.0 Å². The molecule has 0 spiro atoms. The van der Waals surface area contributed by atoms with Gasteiger partial charge in [-0.1, -0.05) is 0 Å². The zero-order valence-corrected chi connectivity index (χ0v) is 8.41. The molecule has 0 aromatic heterocycles. The van der Waals surface area contributed by atoms with Crippen molar-refractivity contribution < 1.29 is 30.0 Å². The first-order valence-electron chi connectivity index (χ1n) is 4.77. The molecule has 0 radical (unpaired) electrons. The van der Waals surface area contributed by atoms with E-state index in [2.05, 4.69) is 0 Å². The van der Waals surface area contributed by atoms with E-state index in [9.17, 15) is 20.1 Å². The predicted octanol–water partition coefficient (Wildman–Crippen LogP) is -1.99. The first-order valence-corrected chi connectivity index (χ1v) is 4.77. The van der Waals surface area contributed by atoms with Crippen LogP contribution in [0.5, 0.6) is 0 Å². The van der Waals surface area contributed by atoms with E-state index in [1.807, 2.05) is 0 Å². The van der Waals surface area contributed by atoms with Crippen molar-refractivity contribution in [3.8, 4) is 0 Å². The Balaban J connectivity index is 2.70. The van der Waals surface area contributed by atoms with E-state index in [1.54, 1.807) is 0 Å². The summed E-state index contributed by atoms with van der Waals surface area (Å²) in [6.07, 6.45) is -4.99. The van der Waals surface area contributed by atoms with Crippen molar-refractivity contribution in [3.63, 3.8) is 0 Å². The van der Waals surface area contributed by atoms with Gasteiger partial charge in [-0.3, -0.25) is 0 Å². The van der Waals surface area contributed by atoms with Crippen molar-refractivity contribution >= 4 is 5.78 Å². The maximum atomic E-state index is 10.9. The van der Waals surface area contributed by atoms with Crippen LogP contribution in [0.25, 0.3) is 0 Å². The predicted molar refractivity (Wildman–Crippen MR) is 48.8 cm³/mol. The topological polar surface area (TPSA) is 107 Å². The summed E-state index contributed by atoms with van der Waals surface area (Å²) in [6, 6.07) is 0.